The predicted octanol–water partition coefficient (Wildman–Crippen LogP) is 1.38. The van der Waals surface area contributed by atoms with Crippen molar-refractivity contribution in [2.45, 2.75) is 96.9 Å². The number of carbonyl (C=O) groups is 10. The minimum atomic E-state index is -1.53. The second-order valence-corrected chi connectivity index (χ2v) is 17.7. The number of carboxylic acid groups (broad SMARTS) is 1. The largest absolute Gasteiger partial charge is 0.481 e. The van der Waals surface area contributed by atoms with E-state index in [1.807, 2.05) is 30.3 Å². The van der Waals surface area contributed by atoms with E-state index < -0.39 is 126 Å². The van der Waals surface area contributed by atoms with Crippen LogP contribution in [0, 0.1) is 17.0 Å². The smallest absolute Gasteiger partial charge is 0.303 e. The molecule has 1 aliphatic rings. The number of rotatable bonds is 26. The van der Waals surface area contributed by atoms with Crippen LogP contribution < -0.4 is 27.0 Å². The molecule has 0 bridgehead atoms. The molecule has 4 rings (SSSR count). The highest BCUT2D eigenvalue weighted by atomic mass is 19.1. The minimum Gasteiger partial charge on any atom is -0.481 e. The number of carbonyl (C=O) groups excluding carboxylic acids is 9. The van der Waals surface area contributed by atoms with Crippen LogP contribution in [0.1, 0.15) is 83.5 Å². The molecule has 376 valence electrons. The van der Waals surface area contributed by atoms with Crippen molar-refractivity contribution < 1.29 is 66.9 Å². The van der Waals surface area contributed by atoms with Gasteiger partial charge >= 0.3 is 5.97 Å². The number of hydrogen-bond acceptors (Lipinski definition) is 11. The Kier molecular flexibility index (Phi) is 19.7. The number of benzene rings is 2. The van der Waals surface area contributed by atoms with Crippen LogP contribution in [-0.4, -0.2) is 128 Å². The standard InChI is InChI=1S/C48H58F2N8O12/c1-28(60)53-36(23-39(51)62)47(70)55-35(46(69)52-19-8-11-38(61)34(14-17-44(67)68)54-40(63)26-58-41(64)15-16-42(58)65)18-20-57(43(66)27-59)45(48(2,3)4)37-21-30(32-22-31(49)12-13-33(32)50)25-56(37)24-29-9-6-5-7-10-29/h5-7,9-10,12-13,15-16,21-22,25,34-36,45,59H,8,11,14,17-20,23-24,26-27H2,1-4H3,(H2,51,62)(H,52,69)(H,53,60)(H,54,63)(H,55,70)(H,67,68)/t34-,35+,36+,45+/m1/s1. The third kappa shape index (κ3) is 16.0. The molecule has 2 heterocycles. The maximum absolute atomic E-state index is 15.3. The van der Waals surface area contributed by atoms with Crippen molar-refractivity contribution in [2.75, 3.05) is 26.2 Å². The summed E-state index contributed by atoms with van der Waals surface area (Å²) in [4.78, 5) is 129. The molecule has 1 aromatic heterocycles. The number of aromatic nitrogens is 1. The lowest BCUT2D eigenvalue weighted by atomic mass is 9.82. The maximum atomic E-state index is 15.3. The number of nitrogens with one attached hydrogen (secondary N) is 4. The second-order valence-electron chi connectivity index (χ2n) is 17.7. The third-order valence-corrected chi connectivity index (χ3v) is 11.1. The Morgan fingerprint density at radius 3 is 2.10 bits per heavy atom. The normalized spacial score (nSPS) is 14.0. The van der Waals surface area contributed by atoms with Crippen LogP contribution in [0.5, 0.6) is 0 Å². The topological polar surface area (TPSA) is 297 Å². The molecule has 8 amide bonds. The van der Waals surface area contributed by atoms with Gasteiger partial charge in [-0.25, -0.2) is 8.78 Å². The zero-order valence-electron chi connectivity index (χ0n) is 39.2. The molecule has 22 heteroatoms. The Hall–Kier alpha value is -7.62. The molecule has 0 fully saturated rings. The van der Waals surface area contributed by atoms with Crippen molar-refractivity contribution in [1.29, 1.82) is 0 Å². The first-order valence-electron chi connectivity index (χ1n) is 22.3. The van der Waals surface area contributed by atoms with Crippen LogP contribution in [0.2, 0.25) is 0 Å². The summed E-state index contributed by atoms with van der Waals surface area (Å²) in [5.41, 5.74) is 5.95. The van der Waals surface area contributed by atoms with Crippen LogP contribution in [-0.2, 0) is 54.5 Å². The Labute approximate surface area is 402 Å². The fourth-order valence-corrected chi connectivity index (χ4v) is 7.89. The number of carboxylic acids is 1. The fraction of sp³-hybridized carbons (Fsp3) is 0.417. The Morgan fingerprint density at radius 2 is 1.50 bits per heavy atom. The van der Waals surface area contributed by atoms with E-state index in [0.29, 0.717) is 10.6 Å². The van der Waals surface area contributed by atoms with Gasteiger partial charge in [0.05, 0.1) is 18.5 Å². The number of aliphatic carboxylic acids is 1. The monoisotopic (exact) mass is 976 g/mol. The van der Waals surface area contributed by atoms with Crippen molar-refractivity contribution >= 4 is 59.0 Å². The van der Waals surface area contributed by atoms with Gasteiger partial charge in [0.2, 0.25) is 35.4 Å². The van der Waals surface area contributed by atoms with Gasteiger partial charge in [-0.1, -0.05) is 51.1 Å². The summed E-state index contributed by atoms with van der Waals surface area (Å²) >= 11 is 0. The van der Waals surface area contributed by atoms with Gasteiger partial charge in [0.15, 0.2) is 5.78 Å². The molecule has 0 saturated carbocycles. The van der Waals surface area contributed by atoms with Crippen molar-refractivity contribution in [3.05, 3.63) is 95.8 Å². The van der Waals surface area contributed by atoms with Gasteiger partial charge < -0.3 is 46.7 Å². The summed E-state index contributed by atoms with van der Waals surface area (Å²) < 4.78 is 31.6. The average Bonchev–Trinajstić information content (AvgIpc) is 3.84. The molecule has 20 nitrogen and oxygen atoms in total. The summed E-state index contributed by atoms with van der Waals surface area (Å²) in [6.45, 7) is 4.41. The Morgan fingerprint density at radius 1 is 0.829 bits per heavy atom. The molecule has 0 aliphatic carbocycles. The van der Waals surface area contributed by atoms with Crippen molar-refractivity contribution in [2.24, 2.45) is 11.1 Å². The van der Waals surface area contributed by atoms with E-state index in [4.69, 9.17) is 5.73 Å². The number of halogens is 2. The fourth-order valence-electron chi connectivity index (χ4n) is 7.89. The van der Waals surface area contributed by atoms with E-state index in [9.17, 15) is 62.5 Å². The summed E-state index contributed by atoms with van der Waals surface area (Å²) in [5.74, 6) is -10.0. The maximum Gasteiger partial charge on any atom is 0.303 e. The number of primary amides is 1. The van der Waals surface area contributed by atoms with E-state index in [0.717, 1.165) is 42.8 Å². The van der Waals surface area contributed by atoms with E-state index in [2.05, 4.69) is 21.3 Å². The molecule has 3 aromatic rings. The average molecular weight is 977 g/mol. The lowest BCUT2D eigenvalue weighted by molar-refractivity contribution is -0.141. The number of ketones is 1. The van der Waals surface area contributed by atoms with Crippen molar-refractivity contribution in [3.8, 4) is 11.1 Å². The van der Waals surface area contributed by atoms with Gasteiger partial charge in [0, 0.05) is 74.6 Å². The zero-order chi connectivity index (χ0) is 51.9. The minimum absolute atomic E-state index is 0.0576. The molecule has 0 saturated heterocycles. The molecule has 4 atom stereocenters. The molecule has 70 heavy (non-hydrogen) atoms. The summed E-state index contributed by atoms with van der Waals surface area (Å²) in [7, 11) is 0. The first-order chi connectivity index (χ1) is 33.0. The van der Waals surface area contributed by atoms with Gasteiger partial charge in [-0.2, -0.15) is 0 Å². The third-order valence-electron chi connectivity index (χ3n) is 11.1. The molecule has 8 N–H and O–H groups in total. The van der Waals surface area contributed by atoms with Crippen LogP contribution in [0.15, 0.2) is 72.9 Å². The lowest BCUT2D eigenvalue weighted by Crippen LogP contribution is -2.55. The highest BCUT2D eigenvalue weighted by Crippen LogP contribution is 2.41. The first-order valence-corrected chi connectivity index (χ1v) is 22.3. The summed E-state index contributed by atoms with van der Waals surface area (Å²) in [6, 6.07) is 8.42. The van der Waals surface area contributed by atoms with E-state index >= 15 is 4.39 Å². The van der Waals surface area contributed by atoms with Gasteiger partial charge in [-0.15, -0.1) is 0 Å². The van der Waals surface area contributed by atoms with E-state index in [1.54, 1.807) is 37.6 Å². The number of nitrogens with two attached hydrogens (primary N) is 1. The molecule has 0 radical (unpaired) electrons. The molecule has 2 aromatic carbocycles. The number of nitrogens with zero attached hydrogens (tertiary/aromatic N) is 3. The number of aliphatic hydroxyl groups is 1. The summed E-state index contributed by atoms with van der Waals surface area (Å²) in [6.07, 6.45) is 1.27. The van der Waals surface area contributed by atoms with Crippen LogP contribution in [0.25, 0.3) is 11.1 Å². The zero-order valence-corrected chi connectivity index (χ0v) is 39.2. The number of hydrogen-bond donors (Lipinski definition) is 7. The quantitative estimate of drug-likeness (QED) is 0.0444. The number of imide groups is 1. The SMILES string of the molecule is CC(=O)N[C@@H](CC(N)=O)C(=O)N[C@@H](CCN(C(=O)CO)[C@@H](c1cc(-c2cc(F)ccc2F)cn1Cc1ccccc1)C(C)(C)C)C(=O)NCCCC(=O)[C@@H](CCC(=O)O)NC(=O)CN1C(=O)C=CC1=O. The Balaban J connectivity index is 1.63. The molecular weight excluding hydrogens is 919 g/mol. The van der Waals surface area contributed by atoms with Crippen molar-refractivity contribution in [3.63, 3.8) is 0 Å². The van der Waals surface area contributed by atoms with Crippen molar-refractivity contribution in [1.82, 2.24) is 35.6 Å². The van der Waals surface area contributed by atoms with Gasteiger partial charge in [-0.05, 0) is 54.5 Å². The van der Waals surface area contributed by atoms with Crippen LogP contribution >= 0.6 is 0 Å². The van der Waals surface area contributed by atoms with Crippen LogP contribution in [0.3, 0.4) is 0 Å². The number of aliphatic hydroxyl groups excluding tert-OH is 1. The second kappa shape index (κ2) is 25.1. The van der Waals surface area contributed by atoms with Gasteiger partial charge in [0.1, 0.15) is 36.9 Å². The molecule has 1 aliphatic heterocycles. The van der Waals surface area contributed by atoms with E-state index in [1.165, 1.54) is 4.90 Å². The van der Waals surface area contributed by atoms with E-state index in [-0.39, 0.29) is 56.4 Å². The summed E-state index contributed by atoms with van der Waals surface area (Å²) in [5, 5.41) is 29.4. The Bertz CT molecular complexity index is 2450. The van der Waals surface area contributed by atoms with Gasteiger partial charge in [0.25, 0.3) is 11.8 Å². The molecule has 0 spiro atoms. The number of amides is 8. The highest BCUT2D eigenvalue weighted by molar-refractivity contribution is 6.14. The molecular formula is C48H58F2N8O12. The number of Topliss-reactive ketones (excluding diaryl/α,β-unsaturated/α-hetero) is 1. The predicted molar refractivity (Wildman–Crippen MR) is 246 cm³/mol. The lowest BCUT2D eigenvalue weighted by Gasteiger charge is -2.41. The van der Waals surface area contributed by atoms with Crippen LogP contribution in [0.4, 0.5) is 8.78 Å². The molecule has 0 unspecified atom stereocenters. The highest BCUT2D eigenvalue weighted by Gasteiger charge is 2.38. The first kappa shape index (κ1) is 55.0. The van der Waals surface area contributed by atoms with Gasteiger partial charge in [-0.3, -0.25) is 52.8 Å².